The average molecular weight is 305 g/mol. The monoisotopic (exact) mass is 305 g/mol. The molecule has 0 aromatic carbocycles. The smallest absolute Gasteiger partial charge is 0.235 e. The van der Waals surface area contributed by atoms with Crippen molar-refractivity contribution in [1.29, 1.82) is 5.26 Å². The van der Waals surface area contributed by atoms with Crippen LogP contribution >= 0.6 is 23.1 Å². The number of H-pyrrole nitrogens is 1. The van der Waals surface area contributed by atoms with Crippen LogP contribution in [0.1, 0.15) is 22.4 Å². The fourth-order valence-corrected chi connectivity index (χ4v) is 4.01. The summed E-state index contributed by atoms with van der Waals surface area (Å²) in [7, 11) is 0. The molecule has 0 unspecified atom stereocenters. The highest BCUT2D eigenvalue weighted by atomic mass is 32.2. The zero-order chi connectivity index (χ0) is 13.9. The highest BCUT2D eigenvalue weighted by molar-refractivity contribution is 7.99. The largest absolute Gasteiger partial charge is 0.316 e. The van der Waals surface area contributed by atoms with Gasteiger partial charge in [0.2, 0.25) is 5.91 Å². The molecule has 1 aliphatic rings. The summed E-state index contributed by atoms with van der Waals surface area (Å²) in [6.45, 7) is 0. The number of rotatable bonds is 4. The van der Waals surface area contributed by atoms with Crippen LogP contribution in [0.25, 0.3) is 0 Å². The van der Waals surface area contributed by atoms with Crippen molar-refractivity contribution in [1.82, 2.24) is 15.2 Å². The second kappa shape index (κ2) is 5.64. The Labute approximate surface area is 123 Å². The van der Waals surface area contributed by atoms with Crippen molar-refractivity contribution in [3.8, 4) is 6.07 Å². The van der Waals surface area contributed by atoms with Crippen molar-refractivity contribution in [2.24, 2.45) is 0 Å². The van der Waals surface area contributed by atoms with E-state index in [-0.39, 0.29) is 11.7 Å². The van der Waals surface area contributed by atoms with Gasteiger partial charge in [0.1, 0.15) is 17.4 Å². The number of carbonyl (C=O) groups excluding carboxylic acids is 1. The van der Waals surface area contributed by atoms with Crippen LogP contribution in [0.3, 0.4) is 0 Å². The molecule has 0 fully saturated rings. The summed E-state index contributed by atoms with van der Waals surface area (Å²) in [5, 5.41) is 19.8. The normalized spacial score (nSPS) is 12.9. The lowest BCUT2D eigenvalue weighted by atomic mass is 10.1. The molecule has 2 heterocycles. The predicted octanol–water partition coefficient (Wildman–Crippen LogP) is 1.96. The molecule has 0 radical (unpaired) electrons. The fourth-order valence-electron chi connectivity index (χ4n) is 2.17. The van der Waals surface area contributed by atoms with E-state index in [0.717, 1.165) is 24.8 Å². The Hall–Kier alpha value is -1.85. The van der Waals surface area contributed by atoms with Crippen LogP contribution in [-0.4, -0.2) is 26.8 Å². The molecule has 6 nitrogen and oxygen atoms in total. The van der Waals surface area contributed by atoms with Crippen molar-refractivity contribution in [3.63, 3.8) is 0 Å². The number of aromatic nitrogens is 3. The molecular weight excluding hydrogens is 294 g/mol. The van der Waals surface area contributed by atoms with Gasteiger partial charge in [-0.05, 0) is 24.8 Å². The van der Waals surface area contributed by atoms with Crippen LogP contribution in [0.15, 0.2) is 11.5 Å². The number of hydrogen-bond donors (Lipinski definition) is 2. The van der Waals surface area contributed by atoms with E-state index in [2.05, 4.69) is 26.6 Å². The maximum atomic E-state index is 11.9. The van der Waals surface area contributed by atoms with Gasteiger partial charge in [0.15, 0.2) is 5.16 Å². The van der Waals surface area contributed by atoms with E-state index < -0.39 is 0 Å². The van der Waals surface area contributed by atoms with E-state index >= 15 is 0 Å². The minimum Gasteiger partial charge on any atom is -0.316 e. The lowest BCUT2D eigenvalue weighted by Crippen LogP contribution is -2.14. The van der Waals surface area contributed by atoms with Crippen LogP contribution in [0, 0.1) is 11.3 Å². The molecule has 2 aromatic heterocycles. The highest BCUT2D eigenvalue weighted by Gasteiger charge is 2.23. The molecule has 0 atom stereocenters. The third-order valence-electron chi connectivity index (χ3n) is 3.02. The first kappa shape index (κ1) is 13.1. The number of nitrogens with zero attached hydrogens (tertiary/aromatic N) is 3. The molecule has 1 aliphatic carbocycles. The molecule has 0 saturated heterocycles. The molecule has 0 bridgehead atoms. The van der Waals surface area contributed by atoms with E-state index in [0.29, 0.717) is 15.7 Å². The first-order valence-electron chi connectivity index (χ1n) is 6.10. The van der Waals surface area contributed by atoms with Crippen LogP contribution in [-0.2, 0) is 17.6 Å². The summed E-state index contributed by atoms with van der Waals surface area (Å²) < 4.78 is 0. The minimum absolute atomic E-state index is 0.136. The first-order valence-corrected chi connectivity index (χ1v) is 7.91. The second-order valence-corrected chi connectivity index (χ2v) is 6.37. The standard InChI is InChI=1S/C12H11N5OS2/c13-4-8-7-2-1-3-9(7)20-11(8)16-10(18)5-19-12-14-6-15-17-12/h6H,1-3,5H2,(H,16,18)(H,14,15,17). The molecule has 3 rings (SSSR count). The molecule has 0 spiro atoms. The predicted molar refractivity (Wildman–Crippen MR) is 76.8 cm³/mol. The molecule has 102 valence electrons. The third kappa shape index (κ3) is 2.55. The molecule has 20 heavy (non-hydrogen) atoms. The summed E-state index contributed by atoms with van der Waals surface area (Å²) in [5.74, 6) is 0.102. The van der Waals surface area contributed by atoms with Crippen molar-refractivity contribution in [3.05, 3.63) is 22.3 Å². The number of thioether (sulfide) groups is 1. The number of aryl methyl sites for hydroxylation is 1. The average Bonchev–Trinajstić information content (AvgIpc) is 3.12. The number of fused-ring (bicyclic) bond motifs is 1. The van der Waals surface area contributed by atoms with Gasteiger partial charge in [-0.25, -0.2) is 4.98 Å². The van der Waals surface area contributed by atoms with Gasteiger partial charge in [-0.2, -0.15) is 10.4 Å². The van der Waals surface area contributed by atoms with Crippen molar-refractivity contribution in [2.75, 3.05) is 11.1 Å². The third-order valence-corrected chi connectivity index (χ3v) is 5.10. The fraction of sp³-hybridized carbons (Fsp3) is 0.333. The Morgan fingerprint density at radius 3 is 3.25 bits per heavy atom. The van der Waals surface area contributed by atoms with Crippen LogP contribution < -0.4 is 5.32 Å². The SMILES string of the molecule is N#Cc1c(NC(=O)CSc2ncn[nH]2)sc2c1CCC2. The minimum atomic E-state index is -0.136. The summed E-state index contributed by atoms with van der Waals surface area (Å²) >= 11 is 2.80. The number of nitriles is 1. The van der Waals surface area contributed by atoms with E-state index in [4.69, 9.17) is 0 Å². The van der Waals surface area contributed by atoms with Crippen molar-refractivity contribution < 1.29 is 4.79 Å². The van der Waals surface area contributed by atoms with E-state index in [1.54, 1.807) is 0 Å². The maximum Gasteiger partial charge on any atom is 0.235 e. The van der Waals surface area contributed by atoms with Gasteiger partial charge in [-0.3, -0.25) is 9.89 Å². The number of aromatic amines is 1. The van der Waals surface area contributed by atoms with Gasteiger partial charge >= 0.3 is 0 Å². The van der Waals surface area contributed by atoms with Crippen LogP contribution in [0.4, 0.5) is 5.00 Å². The molecule has 0 saturated carbocycles. The summed E-state index contributed by atoms with van der Waals surface area (Å²) in [5.41, 5.74) is 1.76. The number of thiophene rings is 1. The highest BCUT2D eigenvalue weighted by Crippen LogP contribution is 2.38. The quantitative estimate of drug-likeness (QED) is 0.842. The first-order chi connectivity index (χ1) is 9.78. The van der Waals surface area contributed by atoms with E-state index in [9.17, 15) is 10.1 Å². The Morgan fingerprint density at radius 1 is 1.60 bits per heavy atom. The van der Waals surface area contributed by atoms with E-state index in [1.807, 2.05) is 0 Å². The number of carbonyl (C=O) groups is 1. The Morgan fingerprint density at radius 2 is 2.50 bits per heavy atom. The molecule has 0 aliphatic heterocycles. The zero-order valence-electron chi connectivity index (χ0n) is 10.5. The second-order valence-electron chi connectivity index (χ2n) is 4.30. The Kier molecular flexibility index (Phi) is 3.71. The Bertz CT molecular complexity index is 671. The van der Waals surface area contributed by atoms with Gasteiger partial charge in [0.25, 0.3) is 0 Å². The van der Waals surface area contributed by atoms with Crippen LogP contribution in [0.2, 0.25) is 0 Å². The number of anilines is 1. The lowest BCUT2D eigenvalue weighted by molar-refractivity contribution is -0.113. The van der Waals surface area contributed by atoms with Gasteiger partial charge in [-0.1, -0.05) is 11.8 Å². The van der Waals surface area contributed by atoms with Crippen molar-refractivity contribution >= 4 is 34.0 Å². The van der Waals surface area contributed by atoms with Crippen LogP contribution in [0.5, 0.6) is 0 Å². The summed E-state index contributed by atoms with van der Waals surface area (Å²) in [4.78, 5) is 17.1. The van der Waals surface area contributed by atoms with Gasteiger partial charge in [0.05, 0.1) is 11.3 Å². The number of amides is 1. The van der Waals surface area contributed by atoms with E-state index in [1.165, 1.54) is 34.3 Å². The molecule has 8 heteroatoms. The van der Waals surface area contributed by atoms with Gasteiger partial charge in [0, 0.05) is 4.88 Å². The summed E-state index contributed by atoms with van der Waals surface area (Å²) in [6.07, 6.45) is 4.46. The molecular formula is C12H11N5OS2. The van der Waals surface area contributed by atoms with Gasteiger partial charge in [-0.15, -0.1) is 11.3 Å². The van der Waals surface area contributed by atoms with Crippen molar-refractivity contribution in [2.45, 2.75) is 24.4 Å². The zero-order valence-corrected chi connectivity index (χ0v) is 12.1. The molecule has 2 N–H and O–H groups in total. The van der Waals surface area contributed by atoms with Gasteiger partial charge < -0.3 is 5.32 Å². The topological polar surface area (TPSA) is 94.5 Å². The lowest BCUT2D eigenvalue weighted by Gasteiger charge is -2.02. The molecule has 1 amide bonds. The number of hydrogen-bond acceptors (Lipinski definition) is 6. The maximum absolute atomic E-state index is 11.9. The summed E-state index contributed by atoms with van der Waals surface area (Å²) in [6, 6.07) is 2.21. The Balaban J connectivity index is 1.66. The number of nitrogens with one attached hydrogen (secondary N) is 2. The molecule has 2 aromatic rings.